The van der Waals surface area contributed by atoms with E-state index >= 15 is 0 Å². The third-order valence-electron chi connectivity index (χ3n) is 3.98. The molecule has 0 spiro atoms. The smallest absolute Gasteiger partial charge is 0.285 e. The van der Waals surface area contributed by atoms with E-state index < -0.39 is 15.9 Å². The van der Waals surface area contributed by atoms with Crippen molar-refractivity contribution in [3.05, 3.63) is 65.2 Å². The van der Waals surface area contributed by atoms with E-state index in [-0.39, 0.29) is 15.7 Å². The van der Waals surface area contributed by atoms with Crippen molar-refractivity contribution >= 4 is 27.5 Å². The molecule has 2 aromatic heterocycles. The highest BCUT2D eigenvalue weighted by atomic mass is 35.5. The van der Waals surface area contributed by atoms with E-state index in [1.807, 2.05) is 6.92 Å². The monoisotopic (exact) mass is 404 g/mol. The predicted molar refractivity (Wildman–Crippen MR) is 102 cm³/mol. The van der Waals surface area contributed by atoms with Crippen molar-refractivity contribution in [3.8, 4) is 11.4 Å². The lowest BCUT2D eigenvalue weighted by atomic mass is 10.2. The van der Waals surface area contributed by atoms with Gasteiger partial charge in [-0.2, -0.15) is 0 Å². The molecule has 0 aliphatic heterocycles. The number of nitrogens with zero attached hydrogens (tertiary/aromatic N) is 3. The molecule has 7 nitrogen and oxygen atoms in total. The number of nitrogens with one attached hydrogen (secondary N) is 1. The summed E-state index contributed by atoms with van der Waals surface area (Å²) in [5.74, 6) is -0.410. The minimum absolute atomic E-state index is 0.0371. The molecule has 1 N–H and O–H groups in total. The first-order chi connectivity index (χ1) is 12.8. The van der Waals surface area contributed by atoms with Crippen LogP contribution in [0.5, 0.6) is 0 Å². The Balaban J connectivity index is 1.91. The Labute approximate surface area is 162 Å². The first-order valence-electron chi connectivity index (χ1n) is 8.12. The number of hydrogen-bond donors (Lipinski definition) is 1. The molecule has 0 fully saturated rings. The minimum atomic E-state index is -4.01. The fraction of sp³-hybridized carbons (Fsp3) is 0.167. The normalized spacial score (nSPS) is 11.4. The molecule has 0 atom stereocenters. The highest BCUT2D eigenvalue weighted by Gasteiger charge is 2.23. The number of carbonyl (C=O) groups excluding carboxylic acids is 1. The van der Waals surface area contributed by atoms with Gasteiger partial charge in [0, 0.05) is 19.4 Å². The molecule has 9 heteroatoms. The van der Waals surface area contributed by atoms with Gasteiger partial charge in [-0.1, -0.05) is 36.7 Å². The summed E-state index contributed by atoms with van der Waals surface area (Å²) in [4.78, 5) is 20.8. The first kappa shape index (κ1) is 19.1. The number of benzene rings is 1. The van der Waals surface area contributed by atoms with E-state index in [4.69, 9.17) is 11.6 Å². The van der Waals surface area contributed by atoms with Crippen molar-refractivity contribution in [1.82, 2.24) is 19.3 Å². The van der Waals surface area contributed by atoms with E-state index in [0.29, 0.717) is 23.4 Å². The molecule has 0 unspecified atom stereocenters. The van der Waals surface area contributed by atoms with Crippen LogP contribution in [0.1, 0.15) is 23.0 Å². The van der Waals surface area contributed by atoms with Crippen LogP contribution in [0.2, 0.25) is 5.15 Å². The highest BCUT2D eigenvalue weighted by molar-refractivity contribution is 7.90. The summed E-state index contributed by atoms with van der Waals surface area (Å²) in [6, 6.07) is 9.95. The van der Waals surface area contributed by atoms with Crippen molar-refractivity contribution in [1.29, 1.82) is 0 Å². The molecule has 140 valence electrons. The fourth-order valence-corrected chi connectivity index (χ4v) is 4.14. The SMILES string of the molecule is CCc1ccccc1S(=O)(=O)NC(=O)c1cn(C)c(-c2cccnc2Cl)n1. The minimum Gasteiger partial charge on any atom is -0.333 e. The number of carbonyl (C=O) groups is 1. The number of halogens is 1. The molecule has 0 saturated carbocycles. The van der Waals surface area contributed by atoms with Crippen LogP contribution >= 0.6 is 11.6 Å². The largest absolute Gasteiger partial charge is 0.333 e. The average Bonchev–Trinajstić information content (AvgIpc) is 3.03. The molecule has 0 bridgehead atoms. The van der Waals surface area contributed by atoms with Crippen molar-refractivity contribution < 1.29 is 13.2 Å². The second kappa shape index (κ2) is 7.50. The highest BCUT2D eigenvalue weighted by Crippen LogP contribution is 2.24. The lowest BCUT2D eigenvalue weighted by Crippen LogP contribution is -2.31. The van der Waals surface area contributed by atoms with Crippen LogP contribution in [0.4, 0.5) is 0 Å². The van der Waals surface area contributed by atoms with E-state index in [2.05, 4.69) is 14.7 Å². The van der Waals surface area contributed by atoms with Crippen molar-refractivity contribution in [2.45, 2.75) is 18.2 Å². The molecule has 0 saturated heterocycles. The number of hydrogen-bond acceptors (Lipinski definition) is 5. The summed E-state index contributed by atoms with van der Waals surface area (Å²) >= 11 is 6.08. The van der Waals surface area contributed by atoms with E-state index in [1.54, 1.807) is 48.1 Å². The Bertz CT molecular complexity index is 1110. The Hall–Kier alpha value is -2.71. The van der Waals surface area contributed by atoms with Gasteiger partial charge in [0.15, 0.2) is 0 Å². The van der Waals surface area contributed by atoms with Crippen molar-refractivity contribution in [2.75, 3.05) is 0 Å². The van der Waals surface area contributed by atoms with Gasteiger partial charge in [-0.05, 0) is 30.2 Å². The number of sulfonamides is 1. The third kappa shape index (κ3) is 3.86. The number of pyridine rings is 1. The summed E-state index contributed by atoms with van der Waals surface area (Å²) in [7, 11) is -2.33. The van der Waals surface area contributed by atoms with Crippen LogP contribution in [0.25, 0.3) is 11.4 Å². The van der Waals surface area contributed by atoms with Crippen molar-refractivity contribution in [2.24, 2.45) is 7.05 Å². The maximum absolute atomic E-state index is 12.6. The van der Waals surface area contributed by atoms with Crippen LogP contribution in [-0.4, -0.2) is 28.9 Å². The molecule has 2 heterocycles. The summed E-state index contributed by atoms with van der Waals surface area (Å²) in [6.07, 6.45) is 3.51. The molecule has 1 aromatic carbocycles. The molecular weight excluding hydrogens is 388 g/mol. The van der Waals surface area contributed by atoms with Gasteiger partial charge in [-0.3, -0.25) is 4.79 Å². The first-order valence-corrected chi connectivity index (χ1v) is 9.99. The van der Waals surface area contributed by atoms with E-state index in [0.717, 1.165) is 0 Å². The molecular formula is C18H17ClN4O3S. The topological polar surface area (TPSA) is 94.0 Å². The Morgan fingerprint density at radius 1 is 1.22 bits per heavy atom. The zero-order valence-corrected chi connectivity index (χ0v) is 16.3. The maximum atomic E-state index is 12.6. The van der Waals surface area contributed by atoms with E-state index in [1.165, 1.54) is 12.3 Å². The number of amides is 1. The van der Waals surface area contributed by atoms with Gasteiger partial charge in [0.1, 0.15) is 16.7 Å². The number of aromatic nitrogens is 3. The van der Waals surface area contributed by atoms with Crippen LogP contribution in [-0.2, 0) is 23.5 Å². The van der Waals surface area contributed by atoms with Gasteiger partial charge in [-0.15, -0.1) is 0 Å². The molecule has 1 amide bonds. The second-order valence-electron chi connectivity index (χ2n) is 5.80. The van der Waals surface area contributed by atoms with E-state index in [9.17, 15) is 13.2 Å². The van der Waals surface area contributed by atoms with Crippen LogP contribution < -0.4 is 4.72 Å². The molecule has 0 aliphatic rings. The zero-order chi connectivity index (χ0) is 19.6. The van der Waals surface area contributed by atoms with Crippen LogP contribution in [0.3, 0.4) is 0 Å². The number of rotatable bonds is 5. The third-order valence-corrected chi connectivity index (χ3v) is 5.71. The lowest BCUT2D eigenvalue weighted by Gasteiger charge is -2.09. The molecule has 3 aromatic rings. The molecule has 3 rings (SSSR count). The molecule has 0 aliphatic carbocycles. The summed E-state index contributed by atoms with van der Waals surface area (Å²) in [6.45, 7) is 1.85. The Morgan fingerprint density at radius 3 is 2.67 bits per heavy atom. The van der Waals surface area contributed by atoms with Gasteiger partial charge >= 0.3 is 0 Å². The average molecular weight is 405 g/mol. The van der Waals surface area contributed by atoms with Gasteiger partial charge in [0.05, 0.1) is 10.5 Å². The maximum Gasteiger partial charge on any atom is 0.285 e. The number of aryl methyl sites for hydroxylation is 2. The Morgan fingerprint density at radius 2 is 1.96 bits per heavy atom. The summed E-state index contributed by atoms with van der Waals surface area (Å²) in [5.41, 5.74) is 1.13. The summed E-state index contributed by atoms with van der Waals surface area (Å²) in [5, 5.41) is 0.239. The van der Waals surface area contributed by atoms with Gasteiger partial charge in [0.25, 0.3) is 15.9 Å². The predicted octanol–water partition coefficient (Wildman–Crippen LogP) is 2.82. The van der Waals surface area contributed by atoms with Gasteiger partial charge < -0.3 is 4.57 Å². The van der Waals surface area contributed by atoms with Crippen LogP contribution in [0.15, 0.2) is 53.7 Å². The Kier molecular flexibility index (Phi) is 5.29. The summed E-state index contributed by atoms with van der Waals surface area (Å²) < 4.78 is 28.9. The van der Waals surface area contributed by atoms with Gasteiger partial charge in [-0.25, -0.2) is 23.1 Å². The van der Waals surface area contributed by atoms with Gasteiger partial charge in [0.2, 0.25) is 0 Å². The fourth-order valence-electron chi connectivity index (χ4n) is 2.67. The lowest BCUT2D eigenvalue weighted by molar-refractivity contribution is 0.0977. The molecule has 27 heavy (non-hydrogen) atoms. The van der Waals surface area contributed by atoms with Crippen molar-refractivity contribution in [3.63, 3.8) is 0 Å². The van der Waals surface area contributed by atoms with Crippen LogP contribution in [0, 0.1) is 0 Å². The second-order valence-corrected chi connectivity index (χ2v) is 7.81. The quantitative estimate of drug-likeness (QED) is 0.660. The standard InChI is InChI=1S/C18H17ClN4O3S/c1-3-12-7-4-5-9-15(12)27(25,26)22-18(24)14-11-23(2)17(21-14)13-8-6-10-20-16(13)19/h4-11H,3H2,1-2H3,(H,22,24). The molecule has 0 radical (unpaired) electrons. The zero-order valence-electron chi connectivity index (χ0n) is 14.7. The number of imidazole rings is 1.